The predicted molar refractivity (Wildman–Crippen MR) is 80.3 cm³/mol. The van der Waals surface area contributed by atoms with Gasteiger partial charge in [-0.25, -0.2) is 9.97 Å². The van der Waals surface area contributed by atoms with Gasteiger partial charge in [0.05, 0.1) is 22.2 Å². The van der Waals surface area contributed by atoms with Crippen LogP contribution in [0.1, 0.15) is 11.7 Å². The Balaban J connectivity index is 2.08. The molecule has 11 heteroatoms. The first-order valence-electron chi connectivity index (χ1n) is 6.18. The molecule has 0 saturated carbocycles. The number of aliphatic hydroxyl groups excluding tert-OH is 2. The van der Waals surface area contributed by atoms with Crippen LogP contribution in [0, 0.1) is 0 Å². The second-order valence-corrected chi connectivity index (χ2v) is 6.13. The molecule has 2 aromatic heterocycles. The lowest BCUT2D eigenvalue weighted by Gasteiger charge is -2.23. The molecule has 3 heterocycles. The van der Waals surface area contributed by atoms with Gasteiger partial charge in [-0.05, 0) is 10.9 Å². The monoisotopic (exact) mass is 342 g/mol. The topological polar surface area (TPSA) is 150 Å². The summed E-state index contributed by atoms with van der Waals surface area (Å²) < 4.78 is 6.28. The summed E-state index contributed by atoms with van der Waals surface area (Å²) in [5.74, 6) is 0.328. The maximum absolute atomic E-state index is 10.2. The standard InChI is InChI=1S/C11H11ClN6O3S/c12-5-7(21-11(2-19,9(5)20)17-18-14)4-1-22-8-6(4)15-3-16-10(8)13/h1,3,5,7,9,19-20H,2H2,(H2,13,15,16)/t5-,7-,9-,11+/m0/s1. The highest BCUT2D eigenvalue weighted by Gasteiger charge is 2.54. The van der Waals surface area contributed by atoms with Gasteiger partial charge in [0, 0.05) is 10.5 Å². The van der Waals surface area contributed by atoms with Crippen molar-refractivity contribution in [3.8, 4) is 0 Å². The predicted octanol–water partition coefficient (Wildman–Crippen LogP) is 1.31. The Hall–Kier alpha value is -1.68. The molecule has 9 nitrogen and oxygen atoms in total. The van der Waals surface area contributed by atoms with Gasteiger partial charge in [0.25, 0.3) is 0 Å². The van der Waals surface area contributed by atoms with Crippen molar-refractivity contribution < 1.29 is 14.9 Å². The van der Waals surface area contributed by atoms with Crippen LogP contribution in [0.4, 0.5) is 5.82 Å². The number of nitrogens with zero attached hydrogens (tertiary/aromatic N) is 5. The first-order valence-corrected chi connectivity index (χ1v) is 7.50. The summed E-state index contributed by atoms with van der Waals surface area (Å²) in [6.07, 6.45) is -0.860. The number of anilines is 1. The fourth-order valence-electron chi connectivity index (χ4n) is 2.41. The summed E-state index contributed by atoms with van der Waals surface area (Å²) >= 11 is 7.54. The van der Waals surface area contributed by atoms with E-state index in [4.69, 9.17) is 27.6 Å². The normalized spacial score (nSPS) is 31.3. The summed E-state index contributed by atoms with van der Waals surface area (Å²) in [7, 11) is 0. The smallest absolute Gasteiger partial charge is 0.197 e. The maximum atomic E-state index is 10.2. The number of rotatable bonds is 3. The van der Waals surface area contributed by atoms with E-state index >= 15 is 0 Å². The summed E-state index contributed by atoms with van der Waals surface area (Å²) in [5, 5.41) is 23.9. The quantitative estimate of drug-likeness (QED) is 0.331. The zero-order valence-electron chi connectivity index (χ0n) is 11.0. The van der Waals surface area contributed by atoms with Crippen molar-refractivity contribution in [2.45, 2.75) is 23.3 Å². The van der Waals surface area contributed by atoms with Crippen molar-refractivity contribution in [2.24, 2.45) is 5.11 Å². The van der Waals surface area contributed by atoms with Gasteiger partial charge in [0.2, 0.25) is 0 Å². The van der Waals surface area contributed by atoms with Gasteiger partial charge in [0.1, 0.15) is 24.4 Å². The Labute approximate surface area is 132 Å². The number of aliphatic hydroxyl groups is 2. The summed E-state index contributed by atoms with van der Waals surface area (Å²) in [4.78, 5) is 10.7. The minimum atomic E-state index is -1.82. The summed E-state index contributed by atoms with van der Waals surface area (Å²) in [6.45, 7) is -0.697. The highest BCUT2D eigenvalue weighted by molar-refractivity contribution is 7.18. The van der Waals surface area contributed by atoms with Crippen LogP contribution in [0.25, 0.3) is 20.7 Å². The Bertz CT molecular complexity index is 765. The first-order chi connectivity index (χ1) is 10.5. The second-order valence-electron chi connectivity index (χ2n) is 4.75. The summed E-state index contributed by atoms with van der Waals surface area (Å²) in [5.41, 5.74) is 13.7. The van der Waals surface area contributed by atoms with E-state index in [1.165, 1.54) is 17.7 Å². The molecule has 4 N–H and O–H groups in total. The molecule has 0 unspecified atom stereocenters. The highest BCUT2D eigenvalue weighted by Crippen LogP contribution is 2.46. The third kappa shape index (κ3) is 2.09. The van der Waals surface area contributed by atoms with Crippen LogP contribution in [0.5, 0.6) is 0 Å². The minimum absolute atomic E-state index is 0.328. The average molecular weight is 343 g/mol. The fraction of sp³-hybridized carbons (Fsp3) is 0.455. The lowest BCUT2D eigenvalue weighted by Crippen LogP contribution is -2.43. The van der Waals surface area contributed by atoms with Crippen molar-refractivity contribution in [3.63, 3.8) is 0 Å². The number of hydrogen-bond acceptors (Lipinski definition) is 8. The van der Waals surface area contributed by atoms with E-state index < -0.39 is 29.9 Å². The van der Waals surface area contributed by atoms with E-state index in [2.05, 4.69) is 20.0 Å². The van der Waals surface area contributed by atoms with E-state index in [0.29, 0.717) is 21.6 Å². The Morgan fingerprint density at radius 3 is 3.05 bits per heavy atom. The van der Waals surface area contributed by atoms with Crippen LogP contribution in [-0.2, 0) is 4.74 Å². The largest absolute Gasteiger partial charge is 0.393 e. The van der Waals surface area contributed by atoms with Crippen LogP contribution in [0.3, 0.4) is 0 Å². The van der Waals surface area contributed by atoms with Crippen LogP contribution < -0.4 is 5.73 Å². The highest BCUT2D eigenvalue weighted by atomic mass is 35.5. The van der Waals surface area contributed by atoms with Crippen molar-refractivity contribution >= 4 is 39.0 Å². The zero-order chi connectivity index (χ0) is 15.9. The van der Waals surface area contributed by atoms with Gasteiger partial charge in [-0.3, -0.25) is 0 Å². The summed E-state index contributed by atoms with van der Waals surface area (Å²) in [6, 6.07) is 0. The maximum Gasteiger partial charge on any atom is 0.197 e. The van der Waals surface area contributed by atoms with Crippen molar-refractivity contribution in [1.82, 2.24) is 9.97 Å². The molecule has 1 aliphatic heterocycles. The molecule has 1 saturated heterocycles. The number of alkyl halides is 1. The van der Waals surface area contributed by atoms with E-state index in [1.54, 1.807) is 5.38 Å². The number of nitrogens with two attached hydrogens (primary N) is 1. The van der Waals surface area contributed by atoms with Gasteiger partial charge in [-0.1, -0.05) is 5.11 Å². The van der Waals surface area contributed by atoms with E-state index in [-0.39, 0.29) is 0 Å². The molecule has 1 fully saturated rings. The van der Waals surface area contributed by atoms with Crippen molar-refractivity contribution in [2.75, 3.05) is 12.3 Å². The van der Waals surface area contributed by atoms with Crippen LogP contribution in [-0.4, -0.2) is 44.0 Å². The minimum Gasteiger partial charge on any atom is -0.393 e. The Morgan fingerprint density at radius 1 is 1.59 bits per heavy atom. The first kappa shape index (κ1) is 15.2. The molecule has 0 aromatic carbocycles. The number of halogens is 1. The van der Waals surface area contributed by atoms with Crippen LogP contribution in [0.2, 0.25) is 0 Å². The fourth-order valence-corrected chi connectivity index (χ4v) is 3.74. The van der Waals surface area contributed by atoms with E-state index in [0.717, 1.165) is 0 Å². The Kier molecular flexibility index (Phi) is 3.81. The molecule has 0 radical (unpaired) electrons. The molecule has 1 aliphatic rings. The molecule has 3 rings (SSSR count). The van der Waals surface area contributed by atoms with Gasteiger partial charge in [0.15, 0.2) is 5.72 Å². The SMILES string of the molecule is [N-]=[N+]=N[C@]1(CO)O[C@@H](c2csc3c(N)ncnc23)[C@H](Cl)[C@@H]1O. The number of hydrogen-bond donors (Lipinski definition) is 3. The third-order valence-electron chi connectivity index (χ3n) is 3.54. The van der Waals surface area contributed by atoms with Crippen LogP contribution in [0.15, 0.2) is 16.8 Å². The molecule has 116 valence electrons. The lowest BCUT2D eigenvalue weighted by molar-refractivity contribution is -0.107. The molecule has 0 spiro atoms. The van der Waals surface area contributed by atoms with Crippen molar-refractivity contribution in [3.05, 3.63) is 27.7 Å². The number of thiophene rings is 1. The lowest BCUT2D eigenvalue weighted by atomic mass is 10.0. The van der Waals surface area contributed by atoms with Gasteiger partial charge in [-0.15, -0.1) is 22.9 Å². The second kappa shape index (κ2) is 5.51. The molecule has 0 aliphatic carbocycles. The van der Waals surface area contributed by atoms with Gasteiger partial charge < -0.3 is 20.7 Å². The number of fused-ring (bicyclic) bond motifs is 1. The van der Waals surface area contributed by atoms with E-state index in [9.17, 15) is 10.2 Å². The molecule has 0 amide bonds. The van der Waals surface area contributed by atoms with E-state index in [1.807, 2.05) is 0 Å². The molecule has 0 bridgehead atoms. The van der Waals surface area contributed by atoms with Crippen LogP contribution >= 0.6 is 22.9 Å². The molecule has 2 aromatic rings. The number of azide groups is 1. The molecular formula is C11H11ClN6O3S. The molecular weight excluding hydrogens is 332 g/mol. The third-order valence-corrected chi connectivity index (χ3v) is 5.02. The zero-order valence-corrected chi connectivity index (χ0v) is 12.6. The molecule has 4 atom stereocenters. The average Bonchev–Trinajstić information content (AvgIpc) is 3.04. The van der Waals surface area contributed by atoms with Gasteiger partial charge in [-0.2, -0.15) is 0 Å². The Morgan fingerprint density at radius 2 is 2.36 bits per heavy atom. The van der Waals surface area contributed by atoms with Gasteiger partial charge >= 0.3 is 0 Å². The molecule has 22 heavy (non-hydrogen) atoms. The number of ether oxygens (including phenoxy) is 1. The number of nitrogen functional groups attached to an aromatic ring is 1. The van der Waals surface area contributed by atoms with Crippen molar-refractivity contribution in [1.29, 1.82) is 0 Å². The number of aromatic nitrogens is 2.